The van der Waals surface area contributed by atoms with Crippen LogP contribution >= 0.6 is 0 Å². The molecule has 3 heteroatoms. The summed E-state index contributed by atoms with van der Waals surface area (Å²) in [6.07, 6.45) is 9.51. The first-order chi connectivity index (χ1) is 7.85. The van der Waals surface area contributed by atoms with Gasteiger partial charge in [0.1, 0.15) is 0 Å². The van der Waals surface area contributed by atoms with Gasteiger partial charge in [0, 0.05) is 19.7 Å². The van der Waals surface area contributed by atoms with Crippen LogP contribution in [0.25, 0.3) is 0 Å². The van der Waals surface area contributed by atoms with E-state index in [9.17, 15) is 0 Å². The van der Waals surface area contributed by atoms with Gasteiger partial charge in [-0.15, -0.1) is 0 Å². The monoisotopic (exact) mass is 226 g/mol. The summed E-state index contributed by atoms with van der Waals surface area (Å²) in [7, 11) is 1.81. The van der Waals surface area contributed by atoms with Crippen LogP contribution in [0.2, 0.25) is 0 Å². The second-order valence-electron chi connectivity index (χ2n) is 5.46. The number of hydrogen-bond donors (Lipinski definition) is 2. The number of rotatable bonds is 5. The zero-order chi connectivity index (χ0) is 11.3. The molecule has 1 saturated heterocycles. The SMILES string of the molecule is COCC1(CNC2CCCCC2)CCCN1. The van der Waals surface area contributed by atoms with Crippen molar-refractivity contribution in [2.75, 3.05) is 26.8 Å². The summed E-state index contributed by atoms with van der Waals surface area (Å²) in [5, 5.41) is 7.37. The van der Waals surface area contributed by atoms with E-state index in [0.717, 1.165) is 25.7 Å². The van der Waals surface area contributed by atoms with Crippen LogP contribution < -0.4 is 10.6 Å². The quantitative estimate of drug-likeness (QED) is 0.748. The third-order valence-corrected chi connectivity index (χ3v) is 4.09. The summed E-state index contributed by atoms with van der Waals surface area (Å²) in [4.78, 5) is 0. The van der Waals surface area contributed by atoms with Gasteiger partial charge >= 0.3 is 0 Å². The van der Waals surface area contributed by atoms with Crippen LogP contribution in [0.4, 0.5) is 0 Å². The minimum atomic E-state index is 0.214. The molecule has 2 aliphatic rings. The van der Waals surface area contributed by atoms with E-state index in [-0.39, 0.29) is 5.54 Å². The molecular weight excluding hydrogens is 200 g/mol. The maximum atomic E-state index is 5.37. The summed E-state index contributed by atoms with van der Waals surface area (Å²) in [6, 6.07) is 0.755. The highest BCUT2D eigenvalue weighted by Gasteiger charge is 2.33. The molecule has 0 spiro atoms. The molecule has 2 rings (SSSR count). The van der Waals surface area contributed by atoms with Crippen LogP contribution in [0.1, 0.15) is 44.9 Å². The smallest absolute Gasteiger partial charge is 0.0656 e. The van der Waals surface area contributed by atoms with Gasteiger partial charge in [0.15, 0.2) is 0 Å². The van der Waals surface area contributed by atoms with Crippen molar-refractivity contribution in [3.8, 4) is 0 Å². The van der Waals surface area contributed by atoms with Gasteiger partial charge in [-0.2, -0.15) is 0 Å². The van der Waals surface area contributed by atoms with Gasteiger partial charge in [-0.25, -0.2) is 0 Å². The Balaban J connectivity index is 1.76. The van der Waals surface area contributed by atoms with E-state index in [1.807, 2.05) is 7.11 Å². The average molecular weight is 226 g/mol. The van der Waals surface area contributed by atoms with Gasteiger partial charge in [0.25, 0.3) is 0 Å². The van der Waals surface area contributed by atoms with Gasteiger partial charge in [-0.3, -0.25) is 0 Å². The van der Waals surface area contributed by atoms with Crippen molar-refractivity contribution in [1.29, 1.82) is 0 Å². The summed E-state index contributed by atoms with van der Waals surface area (Å²) in [5.41, 5.74) is 0.214. The summed E-state index contributed by atoms with van der Waals surface area (Å²) in [6.45, 7) is 3.06. The van der Waals surface area contributed by atoms with Crippen molar-refractivity contribution < 1.29 is 4.74 Å². The zero-order valence-electron chi connectivity index (χ0n) is 10.6. The van der Waals surface area contributed by atoms with E-state index in [2.05, 4.69) is 10.6 Å². The van der Waals surface area contributed by atoms with E-state index in [4.69, 9.17) is 4.74 Å². The first-order valence-corrected chi connectivity index (χ1v) is 6.82. The molecule has 1 saturated carbocycles. The van der Waals surface area contributed by atoms with Gasteiger partial charge in [-0.1, -0.05) is 19.3 Å². The normalized spacial score (nSPS) is 32.1. The molecule has 0 aromatic heterocycles. The number of nitrogens with one attached hydrogen (secondary N) is 2. The third kappa shape index (κ3) is 3.19. The number of methoxy groups -OCH3 is 1. The molecule has 2 N–H and O–H groups in total. The Labute approximate surface area is 99.3 Å². The molecule has 0 amide bonds. The van der Waals surface area contributed by atoms with Crippen molar-refractivity contribution in [3.63, 3.8) is 0 Å². The molecule has 1 aliphatic heterocycles. The zero-order valence-corrected chi connectivity index (χ0v) is 10.6. The summed E-state index contributed by atoms with van der Waals surface area (Å²) < 4.78 is 5.37. The minimum Gasteiger partial charge on any atom is -0.383 e. The Morgan fingerprint density at radius 1 is 1.25 bits per heavy atom. The lowest BCUT2D eigenvalue weighted by molar-refractivity contribution is 0.115. The molecule has 1 heterocycles. The standard InChI is InChI=1S/C13H26N2O/c1-16-11-13(8-5-9-15-13)10-14-12-6-3-2-4-7-12/h12,14-15H,2-11H2,1H3. The van der Waals surface area contributed by atoms with Crippen LogP contribution in [0.3, 0.4) is 0 Å². The largest absolute Gasteiger partial charge is 0.383 e. The fraction of sp³-hybridized carbons (Fsp3) is 1.00. The third-order valence-electron chi connectivity index (χ3n) is 4.09. The van der Waals surface area contributed by atoms with Crippen LogP contribution in [0, 0.1) is 0 Å². The van der Waals surface area contributed by atoms with Crippen LogP contribution in [0.5, 0.6) is 0 Å². The summed E-state index contributed by atoms with van der Waals surface area (Å²) >= 11 is 0. The predicted octanol–water partition coefficient (Wildman–Crippen LogP) is 1.68. The molecule has 2 fully saturated rings. The molecule has 1 unspecified atom stereocenters. The second-order valence-corrected chi connectivity index (χ2v) is 5.46. The van der Waals surface area contributed by atoms with E-state index < -0.39 is 0 Å². The molecule has 0 bridgehead atoms. The van der Waals surface area contributed by atoms with Gasteiger partial charge in [0.2, 0.25) is 0 Å². The second kappa shape index (κ2) is 5.99. The molecule has 3 nitrogen and oxygen atoms in total. The fourth-order valence-electron chi connectivity index (χ4n) is 3.12. The van der Waals surface area contributed by atoms with Crippen molar-refractivity contribution >= 4 is 0 Å². The van der Waals surface area contributed by atoms with Gasteiger partial charge in [0.05, 0.1) is 12.1 Å². The first-order valence-electron chi connectivity index (χ1n) is 6.82. The van der Waals surface area contributed by atoms with E-state index in [1.165, 1.54) is 44.9 Å². The lowest BCUT2D eigenvalue weighted by Crippen LogP contribution is -2.53. The Morgan fingerprint density at radius 2 is 2.06 bits per heavy atom. The molecular formula is C13H26N2O. The van der Waals surface area contributed by atoms with Crippen molar-refractivity contribution in [2.45, 2.75) is 56.5 Å². The molecule has 0 aromatic carbocycles. The van der Waals surface area contributed by atoms with Gasteiger partial charge < -0.3 is 15.4 Å². The van der Waals surface area contributed by atoms with Crippen LogP contribution in [-0.2, 0) is 4.74 Å². The highest BCUT2D eigenvalue weighted by atomic mass is 16.5. The lowest BCUT2D eigenvalue weighted by Gasteiger charge is -2.32. The van der Waals surface area contributed by atoms with E-state index >= 15 is 0 Å². The van der Waals surface area contributed by atoms with Gasteiger partial charge in [-0.05, 0) is 32.2 Å². The Hall–Kier alpha value is -0.120. The van der Waals surface area contributed by atoms with Crippen molar-refractivity contribution in [1.82, 2.24) is 10.6 Å². The molecule has 0 radical (unpaired) electrons. The Morgan fingerprint density at radius 3 is 2.69 bits per heavy atom. The first kappa shape index (κ1) is 12.3. The molecule has 16 heavy (non-hydrogen) atoms. The van der Waals surface area contributed by atoms with Crippen LogP contribution in [-0.4, -0.2) is 38.4 Å². The fourth-order valence-corrected chi connectivity index (χ4v) is 3.12. The summed E-state index contributed by atoms with van der Waals surface area (Å²) in [5.74, 6) is 0. The molecule has 0 aromatic rings. The number of ether oxygens (including phenoxy) is 1. The molecule has 94 valence electrons. The minimum absolute atomic E-state index is 0.214. The lowest BCUT2D eigenvalue weighted by atomic mass is 9.93. The highest BCUT2D eigenvalue weighted by molar-refractivity contribution is 4.95. The Kier molecular flexibility index (Phi) is 4.62. The Bertz CT molecular complexity index is 196. The maximum absolute atomic E-state index is 5.37. The van der Waals surface area contributed by atoms with Crippen molar-refractivity contribution in [3.05, 3.63) is 0 Å². The molecule has 1 atom stereocenters. The predicted molar refractivity (Wildman–Crippen MR) is 66.7 cm³/mol. The van der Waals surface area contributed by atoms with E-state index in [1.54, 1.807) is 0 Å². The molecule has 1 aliphatic carbocycles. The van der Waals surface area contributed by atoms with Crippen molar-refractivity contribution in [2.24, 2.45) is 0 Å². The van der Waals surface area contributed by atoms with Crippen LogP contribution in [0.15, 0.2) is 0 Å². The average Bonchev–Trinajstić information content (AvgIpc) is 2.78. The van der Waals surface area contributed by atoms with E-state index in [0.29, 0.717) is 0 Å². The maximum Gasteiger partial charge on any atom is 0.0656 e. The highest BCUT2D eigenvalue weighted by Crippen LogP contribution is 2.21. The topological polar surface area (TPSA) is 33.3 Å². The number of hydrogen-bond acceptors (Lipinski definition) is 3.